The number of aryl methyl sites for hydroxylation is 1. The summed E-state index contributed by atoms with van der Waals surface area (Å²) >= 11 is 1.54. The number of benzene rings is 2. The van der Waals surface area contributed by atoms with Crippen LogP contribution in [0.15, 0.2) is 53.9 Å². The summed E-state index contributed by atoms with van der Waals surface area (Å²) in [6.07, 6.45) is -4.42. The second-order valence-electron chi connectivity index (χ2n) is 6.24. The lowest BCUT2D eigenvalue weighted by atomic mass is 10.1. The van der Waals surface area contributed by atoms with Crippen LogP contribution in [0, 0.1) is 18.8 Å². The van der Waals surface area contributed by atoms with Crippen LogP contribution in [0.5, 0.6) is 5.75 Å². The van der Waals surface area contributed by atoms with Gasteiger partial charge < -0.3 is 10.1 Å². The molecule has 0 saturated heterocycles. The van der Waals surface area contributed by atoms with Crippen LogP contribution in [0.25, 0.3) is 0 Å². The third-order valence-electron chi connectivity index (χ3n) is 3.91. The molecule has 0 aliphatic rings. The molecule has 0 aliphatic heterocycles. The van der Waals surface area contributed by atoms with Crippen molar-refractivity contribution in [2.75, 3.05) is 6.54 Å². The van der Waals surface area contributed by atoms with Crippen molar-refractivity contribution in [3.8, 4) is 17.6 Å². The number of rotatable bonds is 5. The SMILES string of the molecule is Cc1nc(COc2cccc(C(=O)NCC#Cc3cccc(C(F)(F)F)c3)c2)cs1. The molecule has 0 aliphatic carbocycles. The molecule has 30 heavy (non-hydrogen) atoms. The largest absolute Gasteiger partial charge is 0.487 e. The van der Waals surface area contributed by atoms with Crippen LogP contribution in [0.3, 0.4) is 0 Å². The van der Waals surface area contributed by atoms with Gasteiger partial charge in [-0.15, -0.1) is 11.3 Å². The summed E-state index contributed by atoms with van der Waals surface area (Å²) in [6, 6.07) is 11.4. The third kappa shape index (κ3) is 6.09. The summed E-state index contributed by atoms with van der Waals surface area (Å²) in [5.41, 5.74) is 0.676. The first-order valence-electron chi connectivity index (χ1n) is 8.89. The van der Waals surface area contributed by atoms with Gasteiger partial charge in [-0.25, -0.2) is 4.98 Å². The molecule has 0 radical (unpaired) electrons. The summed E-state index contributed by atoms with van der Waals surface area (Å²) < 4.78 is 43.8. The second kappa shape index (κ2) is 9.46. The second-order valence-corrected chi connectivity index (χ2v) is 7.30. The highest BCUT2D eigenvalue weighted by molar-refractivity contribution is 7.09. The molecule has 0 spiro atoms. The summed E-state index contributed by atoms with van der Waals surface area (Å²) in [5.74, 6) is 5.45. The highest BCUT2D eigenvalue weighted by Crippen LogP contribution is 2.29. The van der Waals surface area contributed by atoms with E-state index < -0.39 is 11.7 Å². The lowest BCUT2D eigenvalue weighted by Gasteiger charge is -2.07. The molecule has 1 aromatic heterocycles. The molecule has 3 rings (SSSR count). The summed E-state index contributed by atoms with van der Waals surface area (Å²) in [7, 11) is 0. The molecule has 154 valence electrons. The predicted molar refractivity (Wildman–Crippen MR) is 108 cm³/mol. The number of nitrogens with one attached hydrogen (secondary N) is 1. The van der Waals surface area contributed by atoms with Gasteiger partial charge in [-0.1, -0.05) is 24.0 Å². The van der Waals surface area contributed by atoms with E-state index >= 15 is 0 Å². The number of ether oxygens (including phenoxy) is 1. The third-order valence-corrected chi connectivity index (χ3v) is 4.73. The predicted octanol–water partition coefficient (Wildman–Crippen LogP) is 4.83. The molecule has 0 atom stereocenters. The molecule has 0 bridgehead atoms. The zero-order chi connectivity index (χ0) is 21.6. The van der Waals surface area contributed by atoms with Gasteiger partial charge in [-0.2, -0.15) is 13.2 Å². The molecule has 8 heteroatoms. The van der Waals surface area contributed by atoms with Gasteiger partial charge in [0, 0.05) is 16.5 Å². The van der Waals surface area contributed by atoms with Crippen molar-refractivity contribution in [1.29, 1.82) is 0 Å². The van der Waals surface area contributed by atoms with Crippen molar-refractivity contribution in [1.82, 2.24) is 10.3 Å². The minimum Gasteiger partial charge on any atom is -0.487 e. The maximum Gasteiger partial charge on any atom is 0.416 e. The molecule has 1 heterocycles. The average molecular weight is 430 g/mol. The first kappa shape index (κ1) is 21.4. The first-order chi connectivity index (χ1) is 14.3. The Hall–Kier alpha value is -3.31. The zero-order valence-electron chi connectivity index (χ0n) is 15.9. The molecule has 0 saturated carbocycles. The fraction of sp³-hybridized carbons (Fsp3) is 0.182. The van der Waals surface area contributed by atoms with Gasteiger partial charge in [-0.05, 0) is 43.3 Å². The minimum atomic E-state index is -4.42. The van der Waals surface area contributed by atoms with Crippen molar-refractivity contribution < 1.29 is 22.7 Å². The summed E-state index contributed by atoms with van der Waals surface area (Å²) in [4.78, 5) is 16.6. The first-order valence-corrected chi connectivity index (χ1v) is 9.77. The highest BCUT2D eigenvalue weighted by Gasteiger charge is 2.30. The molecule has 1 N–H and O–H groups in total. The average Bonchev–Trinajstić information content (AvgIpc) is 3.14. The Bertz CT molecular complexity index is 1100. The van der Waals surface area contributed by atoms with Crippen LogP contribution in [0.2, 0.25) is 0 Å². The molecular weight excluding hydrogens is 413 g/mol. The molecule has 0 unspecified atom stereocenters. The summed E-state index contributed by atoms with van der Waals surface area (Å²) in [5, 5.41) is 5.48. The molecular formula is C22H17F3N2O2S. The van der Waals surface area contributed by atoms with Crippen molar-refractivity contribution in [2.45, 2.75) is 19.7 Å². The number of hydrogen-bond acceptors (Lipinski definition) is 4. The number of carbonyl (C=O) groups is 1. The van der Waals surface area contributed by atoms with E-state index in [4.69, 9.17) is 4.74 Å². The monoisotopic (exact) mass is 430 g/mol. The number of alkyl halides is 3. The van der Waals surface area contributed by atoms with Gasteiger partial charge in [0.1, 0.15) is 12.4 Å². The maximum atomic E-state index is 12.7. The quantitative estimate of drug-likeness (QED) is 0.590. The van der Waals surface area contributed by atoms with E-state index in [0.717, 1.165) is 22.8 Å². The van der Waals surface area contributed by atoms with Crippen LogP contribution in [-0.4, -0.2) is 17.4 Å². The van der Waals surface area contributed by atoms with E-state index in [-0.39, 0.29) is 18.0 Å². The Kier molecular flexibility index (Phi) is 6.75. The van der Waals surface area contributed by atoms with Gasteiger partial charge in [0.15, 0.2) is 0 Å². The van der Waals surface area contributed by atoms with E-state index in [2.05, 4.69) is 22.1 Å². The molecule has 3 aromatic rings. The number of nitrogens with zero attached hydrogens (tertiary/aromatic N) is 1. The minimum absolute atomic E-state index is 0.00172. The molecule has 1 amide bonds. The maximum absolute atomic E-state index is 12.7. The fourth-order valence-corrected chi connectivity index (χ4v) is 3.10. The molecule has 2 aromatic carbocycles. The van der Waals surface area contributed by atoms with Crippen LogP contribution < -0.4 is 10.1 Å². The molecule has 0 fully saturated rings. The topological polar surface area (TPSA) is 51.2 Å². The zero-order valence-corrected chi connectivity index (χ0v) is 16.7. The van der Waals surface area contributed by atoms with E-state index in [0.29, 0.717) is 17.9 Å². The molecule has 4 nitrogen and oxygen atoms in total. The number of aromatic nitrogens is 1. The fourth-order valence-electron chi connectivity index (χ4n) is 2.50. The van der Waals surface area contributed by atoms with E-state index in [1.165, 1.54) is 23.5 Å². The lowest BCUT2D eigenvalue weighted by Crippen LogP contribution is -2.23. The van der Waals surface area contributed by atoms with Crippen molar-refractivity contribution in [2.24, 2.45) is 0 Å². The number of amides is 1. The smallest absolute Gasteiger partial charge is 0.416 e. The normalized spacial score (nSPS) is 10.8. The van der Waals surface area contributed by atoms with E-state index in [1.54, 1.807) is 24.3 Å². The number of carbonyl (C=O) groups excluding carboxylic acids is 1. The number of halogens is 3. The Morgan fingerprint density at radius 2 is 2.00 bits per heavy atom. The van der Waals surface area contributed by atoms with Gasteiger partial charge in [0.25, 0.3) is 5.91 Å². The van der Waals surface area contributed by atoms with E-state index in [9.17, 15) is 18.0 Å². The van der Waals surface area contributed by atoms with Gasteiger partial charge >= 0.3 is 6.18 Å². The Morgan fingerprint density at radius 1 is 1.20 bits per heavy atom. The Labute approximate surface area is 175 Å². The van der Waals surface area contributed by atoms with Gasteiger partial charge in [0.05, 0.1) is 22.8 Å². The Morgan fingerprint density at radius 3 is 2.73 bits per heavy atom. The van der Waals surface area contributed by atoms with Gasteiger partial charge in [-0.3, -0.25) is 4.79 Å². The number of hydrogen-bond donors (Lipinski definition) is 1. The standard InChI is InChI=1S/C22H17F3N2O2S/c1-15-27-19(14-30-15)13-29-20-9-3-7-17(12-20)21(28)26-10-4-6-16-5-2-8-18(11-16)22(23,24)25/h2-3,5,7-9,11-12,14H,10,13H2,1H3,(H,26,28). The summed E-state index contributed by atoms with van der Waals surface area (Å²) in [6.45, 7) is 2.21. The van der Waals surface area contributed by atoms with Crippen LogP contribution in [0.1, 0.15) is 32.2 Å². The highest BCUT2D eigenvalue weighted by atomic mass is 32.1. The van der Waals surface area contributed by atoms with Crippen LogP contribution >= 0.6 is 11.3 Å². The van der Waals surface area contributed by atoms with E-state index in [1.807, 2.05) is 12.3 Å². The van der Waals surface area contributed by atoms with Crippen LogP contribution in [0.4, 0.5) is 13.2 Å². The van der Waals surface area contributed by atoms with Gasteiger partial charge in [0.2, 0.25) is 0 Å². The van der Waals surface area contributed by atoms with Crippen molar-refractivity contribution in [3.05, 3.63) is 81.3 Å². The van der Waals surface area contributed by atoms with Crippen LogP contribution in [-0.2, 0) is 12.8 Å². The van der Waals surface area contributed by atoms with Crippen molar-refractivity contribution >= 4 is 17.2 Å². The Balaban J connectivity index is 1.55. The van der Waals surface area contributed by atoms with Crippen molar-refractivity contribution in [3.63, 3.8) is 0 Å². The number of thiazole rings is 1. The lowest BCUT2D eigenvalue weighted by molar-refractivity contribution is -0.137.